The molecule has 2 heterocycles. The summed E-state index contributed by atoms with van der Waals surface area (Å²) in [5.41, 5.74) is 2.32. The van der Waals surface area contributed by atoms with Crippen molar-refractivity contribution in [3.8, 4) is 0 Å². The molecule has 1 aromatic carbocycles. The smallest absolute Gasteiger partial charge is 0.111 e. The van der Waals surface area contributed by atoms with Crippen LogP contribution in [0.5, 0.6) is 0 Å². The van der Waals surface area contributed by atoms with Crippen molar-refractivity contribution in [3.05, 3.63) is 59.4 Å². The number of rotatable bonds is 4. The van der Waals surface area contributed by atoms with Gasteiger partial charge in [-0.25, -0.2) is 4.98 Å². The summed E-state index contributed by atoms with van der Waals surface area (Å²) in [4.78, 5) is 8.69. The predicted molar refractivity (Wildman–Crippen MR) is 79.1 cm³/mol. The van der Waals surface area contributed by atoms with E-state index < -0.39 is 0 Å². The van der Waals surface area contributed by atoms with E-state index in [-0.39, 0.29) is 6.04 Å². The Morgan fingerprint density at radius 2 is 1.95 bits per heavy atom. The highest BCUT2D eigenvalue weighted by Crippen LogP contribution is 2.26. The lowest BCUT2D eigenvalue weighted by Gasteiger charge is -2.10. The SMILES string of the molecule is CC(NCc1ccncc1)c1nc2ccccc2s1. The fraction of sp³-hybridized carbons (Fsp3) is 0.200. The molecule has 0 spiro atoms. The van der Waals surface area contributed by atoms with Crippen molar-refractivity contribution in [2.75, 3.05) is 0 Å². The van der Waals surface area contributed by atoms with Crippen LogP contribution in [0.1, 0.15) is 23.5 Å². The Bertz CT molecular complexity index is 630. The standard InChI is InChI=1S/C15H15N3S/c1-11(17-10-12-6-8-16-9-7-12)15-18-13-4-2-3-5-14(13)19-15/h2-9,11,17H,10H2,1H3. The molecule has 3 nitrogen and oxygen atoms in total. The van der Waals surface area contributed by atoms with Gasteiger partial charge in [0, 0.05) is 18.9 Å². The average molecular weight is 269 g/mol. The van der Waals surface area contributed by atoms with Crippen LogP contribution in [0.25, 0.3) is 10.2 Å². The predicted octanol–water partition coefficient (Wildman–Crippen LogP) is 3.54. The molecule has 0 aliphatic heterocycles. The van der Waals surface area contributed by atoms with Gasteiger partial charge >= 0.3 is 0 Å². The van der Waals surface area contributed by atoms with Crippen LogP contribution in [0.2, 0.25) is 0 Å². The molecular weight excluding hydrogens is 254 g/mol. The number of fused-ring (bicyclic) bond motifs is 1. The first-order valence-corrected chi connectivity index (χ1v) is 7.12. The third kappa shape index (κ3) is 2.80. The summed E-state index contributed by atoms with van der Waals surface area (Å²) in [6.07, 6.45) is 3.64. The number of pyridine rings is 1. The second-order valence-electron chi connectivity index (χ2n) is 4.48. The Labute approximate surface area is 116 Å². The largest absolute Gasteiger partial charge is 0.304 e. The highest BCUT2D eigenvalue weighted by Gasteiger charge is 2.10. The lowest BCUT2D eigenvalue weighted by Crippen LogP contribution is -2.17. The molecule has 19 heavy (non-hydrogen) atoms. The van der Waals surface area contributed by atoms with Crippen molar-refractivity contribution < 1.29 is 0 Å². The molecule has 0 amide bonds. The van der Waals surface area contributed by atoms with E-state index in [2.05, 4.69) is 40.4 Å². The Morgan fingerprint density at radius 1 is 1.16 bits per heavy atom. The summed E-state index contributed by atoms with van der Waals surface area (Å²) < 4.78 is 1.25. The first kappa shape index (κ1) is 12.3. The van der Waals surface area contributed by atoms with Gasteiger partial charge < -0.3 is 5.32 Å². The lowest BCUT2D eigenvalue weighted by atomic mass is 10.2. The van der Waals surface area contributed by atoms with Crippen LogP contribution in [0.4, 0.5) is 0 Å². The zero-order valence-electron chi connectivity index (χ0n) is 10.7. The van der Waals surface area contributed by atoms with E-state index >= 15 is 0 Å². The second-order valence-corrected chi connectivity index (χ2v) is 5.54. The van der Waals surface area contributed by atoms with Crippen LogP contribution < -0.4 is 5.32 Å². The minimum absolute atomic E-state index is 0.255. The van der Waals surface area contributed by atoms with Gasteiger partial charge in [0.05, 0.1) is 16.3 Å². The Balaban J connectivity index is 1.71. The molecule has 0 saturated carbocycles. The molecule has 0 fully saturated rings. The minimum atomic E-state index is 0.255. The topological polar surface area (TPSA) is 37.8 Å². The number of benzene rings is 1. The molecule has 0 saturated heterocycles. The Hall–Kier alpha value is -1.78. The summed E-state index contributed by atoms with van der Waals surface area (Å²) >= 11 is 1.75. The second kappa shape index (κ2) is 5.47. The summed E-state index contributed by atoms with van der Waals surface area (Å²) in [6.45, 7) is 2.98. The number of thiazole rings is 1. The van der Waals surface area contributed by atoms with Gasteiger partial charge in [-0.1, -0.05) is 12.1 Å². The van der Waals surface area contributed by atoms with Gasteiger partial charge in [-0.05, 0) is 36.8 Å². The molecule has 1 unspecified atom stereocenters. The maximum absolute atomic E-state index is 4.67. The molecule has 0 aliphatic rings. The van der Waals surface area contributed by atoms with Gasteiger partial charge in [-0.15, -0.1) is 11.3 Å². The van der Waals surface area contributed by atoms with E-state index in [0.717, 1.165) is 17.1 Å². The molecule has 0 radical (unpaired) electrons. The van der Waals surface area contributed by atoms with Gasteiger partial charge in [-0.3, -0.25) is 4.98 Å². The molecular formula is C15H15N3S. The number of para-hydroxylation sites is 1. The number of nitrogens with zero attached hydrogens (tertiary/aromatic N) is 2. The van der Waals surface area contributed by atoms with Crippen molar-refractivity contribution >= 4 is 21.6 Å². The Morgan fingerprint density at radius 3 is 2.74 bits per heavy atom. The first-order chi connectivity index (χ1) is 9.33. The van der Waals surface area contributed by atoms with E-state index in [9.17, 15) is 0 Å². The Kier molecular flexibility index (Phi) is 3.53. The van der Waals surface area contributed by atoms with E-state index in [1.165, 1.54) is 10.3 Å². The quantitative estimate of drug-likeness (QED) is 0.787. The highest BCUT2D eigenvalue weighted by molar-refractivity contribution is 7.18. The monoisotopic (exact) mass is 269 g/mol. The number of hydrogen-bond donors (Lipinski definition) is 1. The molecule has 1 N–H and O–H groups in total. The lowest BCUT2D eigenvalue weighted by molar-refractivity contribution is 0.572. The summed E-state index contributed by atoms with van der Waals surface area (Å²) in [7, 11) is 0. The maximum Gasteiger partial charge on any atom is 0.111 e. The van der Waals surface area contributed by atoms with Gasteiger partial charge in [0.1, 0.15) is 5.01 Å². The summed E-state index contributed by atoms with van der Waals surface area (Å²) in [6, 6.07) is 12.6. The van der Waals surface area contributed by atoms with Crippen molar-refractivity contribution in [1.82, 2.24) is 15.3 Å². The van der Waals surface area contributed by atoms with Crippen LogP contribution in [-0.2, 0) is 6.54 Å². The van der Waals surface area contributed by atoms with Crippen LogP contribution in [0, 0.1) is 0 Å². The van der Waals surface area contributed by atoms with Crippen molar-refractivity contribution in [2.45, 2.75) is 19.5 Å². The normalized spacial score (nSPS) is 12.7. The number of nitrogens with one attached hydrogen (secondary N) is 1. The van der Waals surface area contributed by atoms with Gasteiger partial charge in [0.25, 0.3) is 0 Å². The number of aromatic nitrogens is 2. The molecule has 0 bridgehead atoms. The van der Waals surface area contributed by atoms with E-state index in [1.807, 2.05) is 30.6 Å². The third-order valence-corrected chi connectivity index (χ3v) is 4.26. The molecule has 1 atom stereocenters. The third-order valence-electron chi connectivity index (χ3n) is 3.04. The molecule has 3 aromatic rings. The zero-order chi connectivity index (χ0) is 13.1. The van der Waals surface area contributed by atoms with Crippen LogP contribution in [0.15, 0.2) is 48.8 Å². The van der Waals surface area contributed by atoms with Crippen molar-refractivity contribution in [2.24, 2.45) is 0 Å². The summed E-state index contributed by atoms with van der Waals surface area (Å²) in [5, 5.41) is 4.63. The van der Waals surface area contributed by atoms with Crippen LogP contribution in [-0.4, -0.2) is 9.97 Å². The molecule has 2 aromatic heterocycles. The van der Waals surface area contributed by atoms with Gasteiger partial charge in [-0.2, -0.15) is 0 Å². The van der Waals surface area contributed by atoms with E-state index in [0.29, 0.717) is 0 Å². The maximum atomic E-state index is 4.67. The minimum Gasteiger partial charge on any atom is -0.304 e. The van der Waals surface area contributed by atoms with Crippen molar-refractivity contribution in [1.29, 1.82) is 0 Å². The fourth-order valence-corrected chi connectivity index (χ4v) is 2.93. The van der Waals surface area contributed by atoms with Crippen LogP contribution in [0.3, 0.4) is 0 Å². The van der Waals surface area contributed by atoms with Crippen LogP contribution >= 0.6 is 11.3 Å². The van der Waals surface area contributed by atoms with Gasteiger partial charge in [0.2, 0.25) is 0 Å². The zero-order valence-corrected chi connectivity index (χ0v) is 11.5. The van der Waals surface area contributed by atoms with Gasteiger partial charge in [0.15, 0.2) is 0 Å². The molecule has 4 heteroatoms. The van der Waals surface area contributed by atoms with Crippen molar-refractivity contribution in [3.63, 3.8) is 0 Å². The fourth-order valence-electron chi connectivity index (χ4n) is 1.93. The summed E-state index contributed by atoms with van der Waals surface area (Å²) in [5.74, 6) is 0. The average Bonchev–Trinajstić information content (AvgIpc) is 2.90. The molecule has 3 rings (SSSR count). The number of hydrogen-bond acceptors (Lipinski definition) is 4. The van der Waals surface area contributed by atoms with E-state index in [1.54, 1.807) is 11.3 Å². The highest BCUT2D eigenvalue weighted by atomic mass is 32.1. The van der Waals surface area contributed by atoms with E-state index in [4.69, 9.17) is 0 Å². The molecule has 0 aliphatic carbocycles. The first-order valence-electron chi connectivity index (χ1n) is 6.31. The molecule has 96 valence electrons.